The van der Waals surface area contributed by atoms with Crippen molar-refractivity contribution < 1.29 is 9.59 Å². The van der Waals surface area contributed by atoms with Crippen LogP contribution in [-0.4, -0.2) is 11.8 Å². The van der Waals surface area contributed by atoms with Crippen molar-refractivity contribution in [3.05, 3.63) is 59.7 Å². The standard InChI is InChI=1S/C16H18N4O2/c1-11-3-7-13(8-4-11)19(17)15(21)16(22)20(18)14-9-5-12(2)6-10-14/h3-10H,17-18H2,1-2H3. The second-order valence-electron chi connectivity index (χ2n) is 5.02. The van der Waals surface area contributed by atoms with Crippen molar-refractivity contribution in [3.63, 3.8) is 0 Å². The van der Waals surface area contributed by atoms with E-state index in [0.717, 1.165) is 21.1 Å². The first kappa shape index (κ1) is 15.7. The molecule has 0 aromatic heterocycles. The Bertz CT molecular complexity index is 619. The van der Waals surface area contributed by atoms with Crippen LogP contribution in [-0.2, 0) is 9.59 Å². The summed E-state index contributed by atoms with van der Waals surface area (Å²) in [5, 5.41) is 1.58. The number of carbonyl (C=O) groups excluding carboxylic acids is 2. The first-order valence-corrected chi connectivity index (χ1v) is 6.71. The zero-order chi connectivity index (χ0) is 16.3. The van der Waals surface area contributed by atoms with E-state index in [1.807, 2.05) is 13.8 Å². The van der Waals surface area contributed by atoms with Crippen LogP contribution in [0.15, 0.2) is 48.5 Å². The Labute approximate surface area is 128 Å². The molecule has 6 nitrogen and oxygen atoms in total. The van der Waals surface area contributed by atoms with Crippen LogP contribution in [0.4, 0.5) is 11.4 Å². The molecule has 0 radical (unpaired) electrons. The zero-order valence-electron chi connectivity index (χ0n) is 12.5. The molecule has 0 heterocycles. The monoisotopic (exact) mass is 298 g/mol. The second kappa shape index (κ2) is 6.38. The number of hydrogen-bond acceptors (Lipinski definition) is 4. The highest BCUT2D eigenvalue weighted by Gasteiger charge is 2.25. The van der Waals surface area contributed by atoms with Crippen LogP contribution in [0.2, 0.25) is 0 Å². The van der Waals surface area contributed by atoms with Crippen molar-refractivity contribution in [2.75, 3.05) is 10.0 Å². The van der Waals surface area contributed by atoms with Gasteiger partial charge in [0.2, 0.25) is 0 Å². The summed E-state index contributed by atoms with van der Waals surface area (Å²) >= 11 is 0. The first-order chi connectivity index (χ1) is 10.4. The van der Waals surface area contributed by atoms with Crippen molar-refractivity contribution in [3.8, 4) is 0 Å². The largest absolute Gasteiger partial charge is 0.332 e. The topological polar surface area (TPSA) is 92.7 Å². The van der Waals surface area contributed by atoms with Gasteiger partial charge in [0, 0.05) is 0 Å². The number of anilines is 2. The summed E-state index contributed by atoms with van der Waals surface area (Å²) in [6.07, 6.45) is 0. The molecule has 2 aromatic rings. The maximum Gasteiger partial charge on any atom is 0.332 e. The highest BCUT2D eigenvalue weighted by atomic mass is 16.2. The van der Waals surface area contributed by atoms with E-state index in [1.54, 1.807) is 48.5 Å². The zero-order valence-corrected chi connectivity index (χ0v) is 12.5. The molecule has 0 fully saturated rings. The van der Waals surface area contributed by atoms with E-state index in [1.165, 1.54) is 0 Å². The summed E-state index contributed by atoms with van der Waals surface area (Å²) in [4.78, 5) is 24.3. The molecule has 0 bridgehead atoms. The fraction of sp³-hybridized carbons (Fsp3) is 0.125. The number of amides is 2. The summed E-state index contributed by atoms with van der Waals surface area (Å²) < 4.78 is 0. The Kier molecular flexibility index (Phi) is 4.55. The maximum absolute atomic E-state index is 12.1. The van der Waals surface area contributed by atoms with Gasteiger partial charge in [0.15, 0.2) is 0 Å². The fourth-order valence-corrected chi connectivity index (χ4v) is 1.85. The van der Waals surface area contributed by atoms with Gasteiger partial charge in [0.1, 0.15) is 0 Å². The molecule has 0 saturated heterocycles. The van der Waals surface area contributed by atoms with Gasteiger partial charge in [-0.25, -0.2) is 21.7 Å². The number of carbonyl (C=O) groups is 2. The molecule has 0 aliphatic heterocycles. The Balaban J connectivity index is 2.15. The van der Waals surface area contributed by atoms with Crippen molar-refractivity contribution in [1.82, 2.24) is 0 Å². The first-order valence-electron chi connectivity index (χ1n) is 6.71. The van der Waals surface area contributed by atoms with Gasteiger partial charge in [0.25, 0.3) is 0 Å². The van der Waals surface area contributed by atoms with E-state index in [2.05, 4.69) is 0 Å². The van der Waals surface area contributed by atoms with E-state index in [0.29, 0.717) is 11.4 Å². The average Bonchev–Trinajstić information content (AvgIpc) is 2.53. The Morgan fingerprint density at radius 3 is 1.23 bits per heavy atom. The molecule has 0 saturated carbocycles. The Hall–Kier alpha value is -2.70. The van der Waals surface area contributed by atoms with E-state index < -0.39 is 11.8 Å². The Morgan fingerprint density at radius 1 is 0.682 bits per heavy atom. The number of aryl methyl sites for hydroxylation is 2. The molecule has 6 heteroatoms. The van der Waals surface area contributed by atoms with Crippen molar-refractivity contribution >= 4 is 23.2 Å². The molecule has 0 spiro atoms. The van der Waals surface area contributed by atoms with Crippen LogP contribution >= 0.6 is 0 Å². The van der Waals surface area contributed by atoms with Crippen molar-refractivity contribution in [1.29, 1.82) is 0 Å². The summed E-state index contributed by atoms with van der Waals surface area (Å²) in [6, 6.07) is 13.8. The summed E-state index contributed by atoms with van der Waals surface area (Å²) in [5.41, 5.74) is 2.88. The molecule has 0 atom stereocenters. The van der Waals surface area contributed by atoms with Gasteiger partial charge in [0.05, 0.1) is 11.4 Å². The van der Waals surface area contributed by atoms with Crippen LogP contribution in [0.25, 0.3) is 0 Å². The molecule has 4 N–H and O–H groups in total. The third-order valence-electron chi connectivity index (χ3n) is 3.24. The van der Waals surface area contributed by atoms with E-state index >= 15 is 0 Å². The number of hydrogen-bond donors (Lipinski definition) is 2. The third-order valence-corrected chi connectivity index (χ3v) is 3.24. The predicted molar refractivity (Wildman–Crippen MR) is 85.7 cm³/mol. The van der Waals surface area contributed by atoms with Crippen LogP contribution < -0.4 is 21.7 Å². The maximum atomic E-state index is 12.1. The lowest BCUT2D eigenvalue weighted by Crippen LogP contribution is -2.51. The molecule has 2 amide bonds. The quantitative estimate of drug-likeness (QED) is 0.379. The smallest absolute Gasteiger partial charge is 0.261 e. The second-order valence-corrected chi connectivity index (χ2v) is 5.02. The highest BCUT2D eigenvalue weighted by molar-refractivity contribution is 6.44. The van der Waals surface area contributed by atoms with E-state index in [-0.39, 0.29) is 0 Å². The number of rotatable bonds is 2. The number of hydrazine groups is 2. The normalized spacial score (nSPS) is 10.2. The summed E-state index contributed by atoms with van der Waals surface area (Å²) in [5.74, 6) is 9.60. The van der Waals surface area contributed by atoms with Crippen molar-refractivity contribution in [2.24, 2.45) is 11.7 Å². The molecule has 2 aromatic carbocycles. The molecule has 0 aliphatic carbocycles. The molecule has 114 valence electrons. The minimum atomic E-state index is -0.910. The third kappa shape index (κ3) is 3.30. The van der Waals surface area contributed by atoms with Gasteiger partial charge < -0.3 is 0 Å². The molecule has 0 aliphatic rings. The lowest BCUT2D eigenvalue weighted by atomic mass is 10.2. The van der Waals surface area contributed by atoms with Gasteiger partial charge in [-0.2, -0.15) is 0 Å². The molecule has 2 rings (SSSR count). The number of nitrogens with two attached hydrogens (primary N) is 2. The minimum absolute atomic E-state index is 0.418. The number of benzene rings is 2. The molecular weight excluding hydrogens is 280 g/mol. The van der Waals surface area contributed by atoms with Crippen molar-refractivity contribution in [2.45, 2.75) is 13.8 Å². The highest BCUT2D eigenvalue weighted by Crippen LogP contribution is 2.15. The van der Waals surface area contributed by atoms with E-state index in [4.69, 9.17) is 11.7 Å². The Morgan fingerprint density at radius 2 is 0.955 bits per heavy atom. The lowest BCUT2D eigenvalue weighted by Gasteiger charge is -2.21. The van der Waals surface area contributed by atoms with Crippen LogP contribution in [0.5, 0.6) is 0 Å². The van der Waals surface area contributed by atoms with Gasteiger partial charge in [-0.15, -0.1) is 0 Å². The predicted octanol–water partition coefficient (Wildman–Crippen LogP) is 1.42. The SMILES string of the molecule is Cc1ccc(N(N)C(=O)C(=O)N(N)c2ccc(C)cc2)cc1. The van der Waals surface area contributed by atoms with Crippen LogP contribution in [0, 0.1) is 13.8 Å². The molecule has 22 heavy (non-hydrogen) atoms. The molecular formula is C16H18N4O2. The number of nitrogens with zero attached hydrogens (tertiary/aromatic N) is 2. The lowest BCUT2D eigenvalue weighted by molar-refractivity contribution is -0.136. The molecule has 0 unspecified atom stereocenters. The summed E-state index contributed by atoms with van der Waals surface area (Å²) in [6.45, 7) is 3.83. The summed E-state index contributed by atoms with van der Waals surface area (Å²) in [7, 11) is 0. The van der Waals surface area contributed by atoms with Gasteiger partial charge in [-0.1, -0.05) is 35.4 Å². The van der Waals surface area contributed by atoms with Gasteiger partial charge in [-0.3, -0.25) is 9.59 Å². The average molecular weight is 298 g/mol. The van der Waals surface area contributed by atoms with Gasteiger partial charge >= 0.3 is 11.8 Å². The van der Waals surface area contributed by atoms with Crippen LogP contribution in [0.3, 0.4) is 0 Å². The minimum Gasteiger partial charge on any atom is -0.261 e. The van der Waals surface area contributed by atoms with Crippen LogP contribution in [0.1, 0.15) is 11.1 Å². The fourth-order valence-electron chi connectivity index (χ4n) is 1.85. The van der Waals surface area contributed by atoms with Gasteiger partial charge in [-0.05, 0) is 38.1 Å². The van der Waals surface area contributed by atoms with E-state index in [9.17, 15) is 9.59 Å².